The maximum Gasteiger partial charge on any atom is 0.416 e. The molecule has 1 aromatic carbocycles. The lowest BCUT2D eigenvalue weighted by Crippen LogP contribution is -2.35. The normalized spacial score (nSPS) is 18.4. The molecule has 0 radical (unpaired) electrons. The molecule has 3 rings (SSSR count). The van der Waals surface area contributed by atoms with Crippen molar-refractivity contribution in [2.75, 3.05) is 18.0 Å². The summed E-state index contributed by atoms with van der Waals surface area (Å²) < 4.78 is 43.6. The summed E-state index contributed by atoms with van der Waals surface area (Å²) in [5.74, 6) is 0.821. The minimum absolute atomic E-state index is 0.114. The Morgan fingerprint density at radius 3 is 2.76 bits per heavy atom. The van der Waals surface area contributed by atoms with Gasteiger partial charge in [-0.05, 0) is 31.9 Å². The van der Waals surface area contributed by atoms with Crippen molar-refractivity contribution < 1.29 is 22.6 Å². The van der Waals surface area contributed by atoms with Crippen molar-refractivity contribution in [3.05, 3.63) is 45.6 Å². The van der Waals surface area contributed by atoms with Crippen LogP contribution in [0.3, 0.4) is 0 Å². The average Bonchev–Trinajstić information content (AvgIpc) is 3.00. The third-order valence-corrected chi connectivity index (χ3v) is 4.15. The van der Waals surface area contributed by atoms with Crippen LogP contribution in [0.25, 0.3) is 0 Å². The Balaban J connectivity index is 1.91. The van der Waals surface area contributed by atoms with E-state index in [1.54, 1.807) is 11.8 Å². The van der Waals surface area contributed by atoms with Crippen LogP contribution in [0.2, 0.25) is 0 Å². The molecule has 0 aliphatic carbocycles. The Kier molecular flexibility index (Phi) is 4.36. The van der Waals surface area contributed by atoms with Gasteiger partial charge in [0.25, 0.3) is 5.69 Å². The number of hydrogen-bond acceptors (Lipinski definition) is 6. The van der Waals surface area contributed by atoms with Crippen molar-refractivity contribution in [3.63, 3.8) is 0 Å². The fourth-order valence-corrected chi connectivity index (χ4v) is 2.99. The van der Waals surface area contributed by atoms with Gasteiger partial charge in [-0.25, -0.2) is 0 Å². The molecule has 25 heavy (non-hydrogen) atoms. The van der Waals surface area contributed by atoms with Crippen molar-refractivity contribution in [3.8, 4) is 0 Å². The first-order valence-corrected chi connectivity index (χ1v) is 7.66. The molecule has 0 N–H and O–H groups in total. The van der Waals surface area contributed by atoms with E-state index in [2.05, 4.69) is 10.1 Å². The molecule has 1 aliphatic heterocycles. The summed E-state index contributed by atoms with van der Waals surface area (Å²) in [7, 11) is 0. The molecule has 1 unspecified atom stereocenters. The number of piperidine rings is 1. The van der Waals surface area contributed by atoms with Crippen LogP contribution >= 0.6 is 0 Å². The number of nitro groups is 1. The average molecular weight is 356 g/mol. The first-order chi connectivity index (χ1) is 11.8. The van der Waals surface area contributed by atoms with Crippen LogP contribution in [0.4, 0.5) is 24.5 Å². The first kappa shape index (κ1) is 17.2. The third-order valence-electron chi connectivity index (χ3n) is 4.15. The second-order valence-electron chi connectivity index (χ2n) is 5.92. The summed E-state index contributed by atoms with van der Waals surface area (Å²) in [6, 6.07) is 2.60. The van der Waals surface area contributed by atoms with Gasteiger partial charge in [-0.3, -0.25) is 10.1 Å². The van der Waals surface area contributed by atoms with Crippen LogP contribution in [0.1, 0.15) is 36.0 Å². The number of anilines is 1. The van der Waals surface area contributed by atoms with Crippen molar-refractivity contribution in [1.82, 2.24) is 10.1 Å². The van der Waals surface area contributed by atoms with Gasteiger partial charge < -0.3 is 9.42 Å². The molecule has 2 heterocycles. The zero-order valence-electron chi connectivity index (χ0n) is 13.3. The number of benzene rings is 1. The van der Waals surface area contributed by atoms with E-state index in [1.165, 1.54) is 0 Å². The van der Waals surface area contributed by atoms with E-state index in [0.717, 1.165) is 18.6 Å². The quantitative estimate of drug-likeness (QED) is 0.616. The van der Waals surface area contributed by atoms with Crippen LogP contribution < -0.4 is 4.90 Å². The Hall–Kier alpha value is -2.65. The molecule has 0 bridgehead atoms. The fraction of sp³-hybridized carbons (Fsp3) is 0.467. The summed E-state index contributed by atoms with van der Waals surface area (Å²) in [6.45, 7) is 2.57. The zero-order chi connectivity index (χ0) is 18.2. The number of rotatable bonds is 3. The highest BCUT2D eigenvalue weighted by Gasteiger charge is 2.35. The zero-order valence-corrected chi connectivity index (χ0v) is 13.3. The Labute approximate surface area is 140 Å². The van der Waals surface area contributed by atoms with Crippen molar-refractivity contribution in [1.29, 1.82) is 0 Å². The number of aryl methyl sites for hydroxylation is 1. The smallest absolute Gasteiger partial charge is 0.365 e. The predicted octanol–water partition coefficient (Wildman–Crippen LogP) is 3.69. The molecule has 1 atom stereocenters. The van der Waals surface area contributed by atoms with Gasteiger partial charge in [-0.1, -0.05) is 5.16 Å². The molecule has 2 aromatic rings. The third kappa shape index (κ3) is 3.57. The molecule has 1 aromatic heterocycles. The van der Waals surface area contributed by atoms with E-state index >= 15 is 0 Å². The lowest BCUT2D eigenvalue weighted by Gasteiger charge is -2.32. The molecule has 0 spiro atoms. The summed E-state index contributed by atoms with van der Waals surface area (Å²) in [5, 5.41) is 15.0. The van der Waals surface area contributed by atoms with Gasteiger partial charge in [0.2, 0.25) is 5.89 Å². The number of alkyl halides is 3. The molecule has 1 aliphatic rings. The minimum Gasteiger partial charge on any atom is -0.365 e. The van der Waals surface area contributed by atoms with Crippen molar-refractivity contribution in [2.24, 2.45) is 0 Å². The van der Waals surface area contributed by atoms with Gasteiger partial charge in [0.1, 0.15) is 5.69 Å². The van der Waals surface area contributed by atoms with Gasteiger partial charge in [0.15, 0.2) is 5.82 Å². The van der Waals surface area contributed by atoms with Crippen LogP contribution in [0, 0.1) is 17.0 Å². The molecule has 0 saturated carbocycles. The van der Waals surface area contributed by atoms with E-state index < -0.39 is 22.4 Å². The van der Waals surface area contributed by atoms with Gasteiger partial charge in [0, 0.05) is 19.2 Å². The summed E-state index contributed by atoms with van der Waals surface area (Å²) >= 11 is 0. The van der Waals surface area contributed by atoms with Gasteiger partial charge in [0.05, 0.1) is 16.4 Å². The van der Waals surface area contributed by atoms with E-state index in [0.29, 0.717) is 37.3 Å². The topological polar surface area (TPSA) is 85.3 Å². The van der Waals surface area contributed by atoms with E-state index in [4.69, 9.17) is 4.52 Å². The Bertz CT molecular complexity index is 791. The lowest BCUT2D eigenvalue weighted by molar-refractivity contribution is -0.384. The monoisotopic (exact) mass is 356 g/mol. The largest absolute Gasteiger partial charge is 0.416 e. The van der Waals surface area contributed by atoms with Crippen LogP contribution in [0.5, 0.6) is 0 Å². The molecule has 7 nitrogen and oxygen atoms in total. The maximum absolute atomic E-state index is 12.8. The number of nitrogens with zero attached hydrogens (tertiary/aromatic N) is 4. The number of nitro benzene ring substituents is 1. The molecule has 134 valence electrons. The second kappa shape index (κ2) is 6.34. The number of aromatic nitrogens is 2. The van der Waals surface area contributed by atoms with Crippen LogP contribution in [-0.2, 0) is 6.18 Å². The van der Waals surface area contributed by atoms with E-state index in [-0.39, 0.29) is 11.6 Å². The Morgan fingerprint density at radius 1 is 1.40 bits per heavy atom. The molecule has 10 heteroatoms. The standard InChI is InChI=1S/C15H15F3N4O3/c1-9-19-14(25-20-9)10-3-2-6-21(8-10)12-5-4-11(15(16,17)18)7-13(12)22(23)24/h4-5,7,10H,2-3,6,8H2,1H3. The maximum atomic E-state index is 12.8. The SMILES string of the molecule is Cc1noc(C2CCCN(c3ccc(C(F)(F)F)cc3[N+](=O)[O-])C2)n1. The highest BCUT2D eigenvalue weighted by Crippen LogP contribution is 2.38. The van der Waals surface area contributed by atoms with Gasteiger partial charge >= 0.3 is 6.18 Å². The van der Waals surface area contributed by atoms with E-state index in [1.807, 2.05) is 0 Å². The highest BCUT2D eigenvalue weighted by atomic mass is 19.4. The van der Waals surface area contributed by atoms with Crippen LogP contribution in [-0.4, -0.2) is 28.2 Å². The van der Waals surface area contributed by atoms with Crippen molar-refractivity contribution >= 4 is 11.4 Å². The molecule has 1 fully saturated rings. The van der Waals surface area contributed by atoms with Gasteiger partial charge in [-0.15, -0.1) is 0 Å². The molecule has 0 amide bonds. The second-order valence-corrected chi connectivity index (χ2v) is 5.92. The first-order valence-electron chi connectivity index (χ1n) is 7.66. The molecule has 1 saturated heterocycles. The summed E-state index contributed by atoms with van der Waals surface area (Å²) in [4.78, 5) is 16.4. The minimum atomic E-state index is -4.63. The lowest BCUT2D eigenvalue weighted by atomic mass is 9.97. The summed E-state index contributed by atoms with van der Waals surface area (Å²) in [6.07, 6.45) is -3.15. The number of hydrogen-bond donors (Lipinski definition) is 0. The highest BCUT2D eigenvalue weighted by molar-refractivity contribution is 5.65. The Morgan fingerprint density at radius 2 is 2.16 bits per heavy atom. The van der Waals surface area contributed by atoms with Crippen LogP contribution in [0.15, 0.2) is 22.7 Å². The fourth-order valence-electron chi connectivity index (χ4n) is 2.99. The predicted molar refractivity (Wildman–Crippen MR) is 81.3 cm³/mol. The number of halogens is 3. The van der Waals surface area contributed by atoms with Gasteiger partial charge in [-0.2, -0.15) is 18.2 Å². The molecular weight excluding hydrogens is 341 g/mol. The van der Waals surface area contributed by atoms with E-state index in [9.17, 15) is 23.3 Å². The van der Waals surface area contributed by atoms with Crippen molar-refractivity contribution in [2.45, 2.75) is 31.9 Å². The molecular formula is C15H15F3N4O3. The summed E-state index contributed by atoms with van der Waals surface area (Å²) in [5.41, 5.74) is -1.43.